The molecule has 0 aliphatic rings. The minimum absolute atomic E-state index is 0.0390. The summed E-state index contributed by atoms with van der Waals surface area (Å²) in [6.07, 6.45) is 2.44. The van der Waals surface area contributed by atoms with Crippen molar-refractivity contribution < 1.29 is 41.7 Å². The molecule has 9 N–H and O–H groups in total. The van der Waals surface area contributed by atoms with Crippen molar-refractivity contribution >= 4 is 198 Å². The van der Waals surface area contributed by atoms with Gasteiger partial charge in [-0.3, -0.25) is 9.93 Å². The summed E-state index contributed by atoms with van der Waals surface area (Å²) < 4.78 is 67.7. The van der Waals surface area contributed by atoms with E-state index in [1.54, 1.807) is 0 Å². The van der Waals surface area contributed by atoms with E-state index in [1.807, 2.05) is 291 Å². The van der Waals surface area contributed by atoms with Gasteiger partial charge in [-0.2, -0.15) is 4.40 Å². The summed E-state index contributed by atoms with van der Waals surface area (Å²) in [5.41, 5.74) is 9.69. The van der Waals surface area contributed by atoms with Crippen LogP contribution in [0, 0.1) is 0 Å². The number of carbonyl (C=O) groups excluding carboxylic acids is 1. The Morgan fingerprint density at radius 1 is 0.477 bits per heavy atom. The zero-order valence-electron chi connectivity index (χ0n) is 66.6. The van der Waals surface area contributed by atoms with Crippen molar-refractivity contribution in [2.45, 2.75) is 230 Å². The number of nitrogens with zero attached hydrogens (tertiary/aromatic N) is 3. The van der Waals surface area contributed by atoms with Crippen LogP contribution in [-0.2, 0) is 81.2 Å². The predicted molar refractivity (Wildman–Crippen MR) is 491 cm³/mol. The summed E-state index contributed by atoms with van der Waals surface area (Å²) in [4.78, 5) is 20.7. The lowest BCUT2D eigenvalue weighted by Gasteiger charge is -2.34. The molecule has 608 valence electrons. The number of hydrogen-bond donors (Lipinski definition) is 7. The molecular weight excluding hydrogens is 1910 g/mol. The minimum atomic E-state index is -1.33. The molecule has 0 unspecified atom stereocenters. The van der Waals surface area contributed by atoms with E-state index in [0.717, 1.165) is 72.3 Å². The molecule has 0 fully saturated rings. The van der Waals surface area contributed by atoms with Crippen molar-refractivity contribution in [1.82, 2.24) is 9.44 Å². The maximum Gasteiger partial charge on any atom is 0.308 e. The maximum atomic E-state index is 12.6. The van der Waals surface area contributed by atoms with Gasteiger partial charge in [-0.25, -0.2) is 36.3 Å². The Kier molecular flexibility index (Phi) is 48.5. The molecular formula is C80H114Br6ClN7O9S6. The van der Waals surface area contributed by atoms with Crippen LogP contribution in [0.15, 0.2) is 187 Å². The average Bonchev–Trinajstić information content (AvgIpc) is 0.802. The van der Waals surface area contributed by atoms with E-state index in [0.29, 0.717) is 25.1 Å². The third-order valence-corrected chi connectivity index (χ3v) is 25.1. The molecule has 109 heavy (non-hydrogen) atoms. The molecule has 9 atom stereocenters. The summed E-state index contributed by atoms with van der Waals surface area (Å²) >= 11 is 35.6. The summed E-state index contributed by atoms with van der Waals surface area (Å²) in [5.74, 6) is 0.215. The lowest BCUT2D eigenvalue weighted by molar-refractivity contribution is -0.156. The highest BCUT2D eigenvalue weighted by atomic mass is 79.9. The van der Waals surface area contributed by atoms with Gasteiger partial charge in [0.05, 0.1) is 96.6 Å². The molecule has 6 aromatic carbocycles. The van der Waals surface area contributed by atoms with Crippen LogP contribution in [0.5, 0.6) is 0 Å². The lowest BCUT2D eigenvalue weighted by atomic mass is 9.90. The Bertz CT molecular complexity index is 3990. The Morgan fingerprint density at radius 2 is 0.798 bits per heavy atom. The van der Waals surface area contributed by atoms with E-state index >= 15 is 0 Å². The quantitative estimate of drug-likeness (QED) is 0.0137. The number of rotatable bonds is 23. The first-order valence-corrected chi connectivity index (χ1v) is 45.4. The molecule has 0 heterocycles. The number of nitrogens with one attached hydrogen (secondary N) is 2. The first-order valence-electron chi connectivity index (χ1n) is 34.6. The van der Waals surface area contributed by atoms with E-state index < -0.39 is 76.4 Å². The number of benzene rings is 6. The molecule has 0 saturated heterocycles. The number of alkyl halides is 1. The second-order valence-electron chi connectivity index (χ2n) is 31.1. The number of hydrogen-bond acceptors (Lipinski definition) is 14. The molecule has 6 aromatic rings. The second-order valence-corrected chi connectivity index (χ2v) is 45.0. The van der Waals surface area contributed by atoms with Gasteiger partial charge in [0, 0.05) is 64.5 Å². The highest BCUT2D eigenvalue weighted by Crippen LogP contribution is 2.35. The van der Waals surface area contributed by atoms with Gasteiger partial charge in [0.15, 0.2) is 0 Å². The molecule has 0 spiro atoms. The fourth-order valence-electron chi connectivity index (χ4n) is 8.75. The summed E-state index contributed by atoms with van der Waals surface area (Å²) in [6, 6.07) is 47.0. The molecule has 0 amide bonds. The number of aliphatic hydroxyl groups is 3. The van der Waals surface area contributed by atoms with Crippen LogP contribution >= 0.6 is 132 Å². The summed E-state index contributed by atoms with van der Waals surface area (Å²) in [7, 11) is -4.90. The predicted octanol–water partition coefficient (Wildman–Crippen LogP) is 21.2. The second kappa shape index (κ2) is 49.6. The minimum Gasteiger partial charge on any atom is -0.460 e. The molecule has 0 bridgehead atoms. The smallest absolute Gasteiger partial charge is 0.308 e. The van der Waals surface area contributed by atoms with Gasteiger partial charge >= 0.3 is 5.97 Å². The molecule has 0 saturated carbocycles. The molecule has 0 aromatic heterocycles. The topological polar surface area (TPSA) is 268 Å². The van der Waals surface area contributed by atoms with Crippen LogP contribution in [0.4, 0.5) is 0 Å². The Balaban J connectivity index is 0.00000127. The van der Waals surface area contributed by atoms with E-state index in [1.165, 1.54) is 0 Å². The Hall–Kier alpha value is -2.45. The molecule has 0 aliphatic heterocycles. The zero-order chi connectivity index (χ0) is 84.4. The van der Waals surface area contributed by atoms with Crippen LogP contribution < -0.4 is 20.3 Å². The number of aliphatic imine (C=N–C) groups is 2. The number of esters is 1. The number of ether oxygens (including phenoxy) is 1. The average molecular weight is 2030 g/mol. The van der Waals surface area contributed by atoms with E-state index in [9.17, 15) is 26.7 Å². The van der Waals surface area contributed by atoms with Crippen LogP contribution in [0.1, 0.15) is 211 Å². The number of isothiocyanates is 2. The maximum absolute atomic E-state index is 12.6. The van der Waals surface area contributed by atoms with Gasteiger partial charge < -0.3 is 25.8 Å². The Morgan fingerprint density at radius 3 is 1.12 bits per heavy atom. The van der Waals surface area contributed by atoms with Gasteiger partial charge in [-0.05, 0) is 295 Å². The monoisotopic (exact) mass is 2020 g/mol. The van der Waals surface area contributed by atoms with Crippen LogP contribution in [0.3, 0.4) is 0 Å². The highest BCUT2D eigenvalue weighted by molar-refractivity contribution is 9.11. The molecule has 0 radical (unpaired) electrons. The summed E-state index contributed by atoms with van der Waals surface area (Å²) in [6.45, 7) is 40.0. The Labute approximate surface area is 727 Å². The molecule has 29 heteroatoms. The van der Waals surface area contributed by atoms with Gasteiger partial charge in [0.1, 0.15) is 16.6 Å². The zero-order valence-corrected chi connectivity index (χ0v) is 81.8. The third kappa shape index (κ3) is 42.3. The van der Waals surface area contributed by atoms with E-state index in [4.69, 9.17) is 37.4 Å². The van der Waals surface area contributed by atoms with E-state index in [2.05, 4.69) is 154 Å². The lowest BCUT2D eigenvalue weighted by Crippen LogP contribution is -2.48. The van der Waals surface area contributed by atoms with Gasteiger partial charge in [0.2, 0.25) is 0 Å². The first kappa shape index (κ1) is 107. The van der Waals surface area contributed by atoms with Crippen molar-refractivity contribution in [3.05, 3.63) is 206 Å². The SMILES string of the molecule is CC(=N[S@](=O)C(C)(C)C)c1cccc(Br)c1.CC(C)(C)OC(=O)C[C@](C)(N[S@](=O)C(C)(C)C)c1cccc(Br)c1.CC(C)(C)[S@@](=O)N[C@@](C)(CCO)c1cccc(Br)c1.CC(C)(C)[S@](N)=O.C[C@@](CCCl)(N=C=S)c1cccc(Br)c1.C[C@@](CCO)(N=C=S)c1cccc(Br)c1.C[C@](N)(CCO)c1cccc(Br)c1. The van der Waals surface area contributed by atoms with Crippen LogP contribution in [-0.4, -0.2) is 104 Å². The van der Waals surface area contributed by atoms with Gasteiger partial charge in [-0.15, -0.1) is 11.6 Å². The number of aliphatic hydroxyl groups excluding tert-OH is 3. The fraction of sp³-hybridized carbons (Fsp3) is 0.500. The number of nitrogens with two attached hydrogens (primary N) is 2. The van der Waals surface area contributed by atoms with Crippen molar-refractivity contribution in [3.8, 4) is 0 Å². The van der Waals surface area contributed by atoms with Crippen molar-refractivity contribution in [1.29, 1.82) is 0 Å². The van der Waals surface area contributed by atoms with Gasteiger partial charge in [-0.1, -0.05) is 168 Å². The standard InChI is InChI=1S/C18H28BrNO3S.C14H22BrNO2S.C12H16BrNOS.C11H11BrClNS.C11H12BrNOS.C10H14BrNO.C4H11NOS/c1-16(2,3)23-15(21)12-18(7,20-24(22)17(4,5)6)13-9-8-10-14(19)11-13;1-13(2,3)19(18)16-14(4,8-9-17)11-6-5-7-12(15)10-11;1-9(14-16(15)12(2,3)4)10-6-5-7-11(13)8-10;1-11(5-6-13,14-8-15)9-3-2-4-10(12)7-9;1-11(5-6-14,13-8-15)9-3-2-4-10(12)7-9;1-10(12,5-6-13)8-3-2-4-9(11)7-8;1-4(2,3)7(5)6/h8-11,20H,12H2,1-7H3;5-7,10,16-17H,8-9H2,1-4H3;5-8H,1-4H3;2-4,7H,5-6H2,1H3;2-4,7,14H,5-6H2,1H3;2-4,7,13H,5-6,12H2,1H3;5H2,1-3H3/t18-,24+;14-,19+;16-;2*11-;10-;7-/m0010001/s1. The highest BCUT2D eigenvalue weighted by Gasteiger charge is 2.37. The fourth-order valence-corrected chi connectivity index (χ4v) is 14.4. The molecule has 6 rings (SSSR count). The van der Waals surface area contributed by atoms with Crippen molar-refractivity contribution in [2.75, 3.05) is 25.7 Å². The largest absolute Gasteiger partial charge is 0.460 e. The van der Waals surface area contributed by atoms with Crippen molar-refractivity contribution in [3.63, 3.8) is 0 Å². The van der Waals surface area contributed by atoms with Crippen LogP contribution in [0.2, 0.25) is 0 Å². The first-order chi connectivity index (χ1) is 50.0. The molecule has 0 aliphatic carbocycles. The number of carbonyl (C=O) groups is 1. The normalized spacial score (nSPS) is 15.5. The van der Waals surface area contributed by atoms with Crippen LogP contribution in [0.25, 0.3) is 0 Å². The number of thiocarbonyl (C=S) groups is 2. The summed E-state index contributed by atoms with van der Waals surface area (Å²) in [5, 5.41) is 37.0. The van der Waals surface area contributed by atoms with Gasteiger partial charge in [0.25, 0.3) is 0 Å². The number of halogens is 7. The third-order valence-electron chi connectivity index (χ3n) is 15.6. The van der Waals surface area contributed by atoms with Crippen molar-refractivity contribution in [2.24, 2.45) is 25.3 Å². The van der Waals surface area contributed by atoms with E-state index in [-0.39, 0.29) is 52.0 Å². The molecule has 16 nitrogen and oxygen atoms in total.